The molecule has 0 spiro atoms. The van der Waals surface area contributed by atoms with Crippen LogP contribution in [0.5, 0.6) is 0 Å². The predicted octanol–water partition coefficient (Wildman–Crippen LogP) is 2.49. The van der Waals surface area contributed by atoms with Gasteiger partial charge in [0.1, 0.15) is 0 Å². The average Bonchev–Trinajstić information content (AvgIpc) is 2.45. The van der Waals surface area contributed by atoms with E-state index in [1.807, 2.05) is 0 Å². The number of nitrogens with zero attached hydrogens (tertiary/aromatic N) is 2. The Hall–Kier alpha value is -0.220. The zero-order chi connectivity index (χ0) is 8.81. The first-order valence-electron chi connectivity index (χ1n) is 3.82. The van der Waals surface area contributed by atoms with Crippen molar-refractivity contribution in [1.82, 2.24) is 10.2 Å². The molecule has 1 heterocycles. The summed E-state index contributed by atoms with van der Waals surface area (Å²) in [6, 6.07) is 0. The minimum atomic E-state index is 0.620. The Morgan fingerprint density at radius 1 is 1.42 bits per heavy atom. The average molecular weight is 207 g/mol. The number of thioether (sulfide) groups is 1. The van der Waals surface area contributed by atoms with Gasteiger partial charge in [-0.1, -0.05) is 11.8 Å². The topological polar surface area (TPSA) is 38.9 Å². The lowest BCUT2D eigenvalue weighted by molar-refractivity contribution is 0.429. The lowest BCUT2D eigenvalue weighted by Gasteiger charge is -1.93. The zero-order valence-electron chi connectivity index (χ0n) is 6.92. The largest absolute Gasteiger partial charge is 0.416 e. The van der Waals surface area contributed by atoms with E-state index in [0.29, 0.717) is 11.1 Å². The van der Waals surface area contributed by atoms with Gasteiger partial charge in [0.25, 0.3) is 5.22 Å². The first-order chi connectivity index (χ1) is 5.83. The van der Waals surface area contributed by atoms with E-state index in [2.05, 4.69) is 10.2 Å². The fourth-order valence-corrected chi connectivity index (χ4v) is 1.68. The maximum absolute atomic E-state index is 5.53. The molecular weight excluding hydrogens is 196 g/mol. The third kappa shape index (κ3) is 3.45. The molecule has 0 amide bonds. The monoisotopic (exact) mass is 206 g/mol. The summed E-state index contributed by atoms with van der Waals surface area (Å²) >= 11 is 7.11. The SMILES string of the molecule is Cc1nnc(SCCCCCl)o1. The summed E-state index contributed by atoms with van der Waals surface area (Å²) in [6.07, 6.45) is 2.14. The van der Waals surface area contributed by atoms with Crippen LogP contribution < -0.4 is 0 Å². The van der Waals surface area contributed by atoms with Gasteiger partial charge in [-0.3, -0.25) is 0 Å². The van der Waals surface area contributed by atoms with Crippen LogP contribution in [0.25, 0.3) is 0 Å². The number of aryl methyl sites for hydroxylation is 1. The summed E-state index contributed by atoms with van der Waals surface area (Å²) < 4.78 is 5.17. The first-order valence-corrected chi connectivity index (χ1v) is 5.34. The molecule has 0 unspecified atom stereocenters. The van der Waals surface area contributed by atoms with Crippen molar-refractivity contribution in [2.75, 3.05) is 11.6 Å². The fourth-order valence-electron chi connectivity index (χ4n) is 0.693. The van der Waals surface area contributed by atoms with E-state index in [-0.39, 0.29) is 0 Å². The molecule has 0 N–H and O–H groups in total. The van der Waals surface area contributed by atoms with Crippen LogP contribution in [0, 0.1) is 6.92 Å². The number of hydrogen-bond donors (Lipinski definition) is 0. The highest BCUT2D eigenvalue weighted by Gasteiger charge is 2.01. The van der Waals surface area contributed by atoms with Crippen LogP contribution in [0.15, 0.2) is 9.64 Å². The minimum absolute atomic E-state index is 0.620. The van der Waals surface area contributed by atoms with Gasteiger partial charge in [-0.05, 0) is 12.8 Å². The molecule has 0 aromatic carbocycles. The summed E-state index contributed by atoms with van der Waals surface area (Å²) in [7, 11) is 0. The molecule has 3 nitrogen and oxygen atoms in total. The highest BCUT2D eigenvalue weighted by Crippen LogP contribution is 2.16. The number of hydrogen-bond acceptors (Lipinski definition) is 4. The third-order valence-corrected chi connectivity index (χ3v) is 2.43. The molecule has 0 saturated heterocycles. The van der Waals surface area contributed by atoms with E-state index in [1.54, 1.807) is 18.7 Å². The number of alkyl halides is 1. The standard InChI is InChI=1S/C7H11ClN2OS/c1-6-9-10-7(11-6)12-5-3-2-4-8/h2-5H2,1H3. The number of unbranched alkanes of at least 4 members (excludes halogenated alkanes) is 1. The molecule has 0 aliphatic carbocycles. The van der Waals surface area contributed by atoms with Gasteiger partial charge in [-0.2, -0.15) is 0 Å². The maximum atomic E-state index is 5.53. The molecule has 1 rings (SSSR count). The normalized spacial score (nSPS) is 10.5. The molecular formula is C7H11ClN2OS. The van der Waals surface area contributed by atoms with Crippen molar-refractivity contribution in [3.63, 3.8) is 0 Å². The summed E-state index contributed by atoms with van der Waals surface area (Å²) in [6.45, 7) is 1.79. The van der Waals surface area contributed by atoms with Crippen LogP contribution >= 0.6 is 23.4 Å². The van der Waals surface area contributed by atoms with Crippen molar-refractivity contribution < 1.29 is 4.42 Å². The van der Waals surface area contributed by atoms with Gasteiger partial charge in [0, 0.05) is 18.6 Å². The lowest BCUT2D eigenvalue weighted by atomic mass is 10.4. The van der Waals surface area contributed by atoms with Crippen LogP contribution in [0.3, 0.4) is 0 Å². The summed E-state index contributed by atoms with van der Waals surface area (Å²) in [5.41, 5.74) is 0. The van der Waals surface area contributed by atoms with Gasteiger partial charge >= 0.3 is 0 Å². The van der Waals surface area contributed by atoms with Crippen LogP contribution in [0.4, 0.5) is 0 Å². The van der Waals surface area contributed by atoms with Gasteiger partial charge in [0.2, 0.25) is 5.89 Å². The Labute approximate surface area is 80.9 Å². The molecule has 5 heteroatoms. The Morgan fingerprint density at radius 3 is 2.83 bits per heavy atom. The van der Waals surface area contributed by atoms with E-state index in [4.69, 9.17) is 16.0 Å². The van der Waals surface area contributed by atoms with Gasteiger partial charge in [-0.15, -0.1) is 21.8 Å². The first kappa shape index (κ1) is 9.86. The highest BCUT2D eigenvalue weighted by molar-refractivity contribution is 7.99. The van der Waals surface area contributed by atoms with E-state index >= 15 is 0 Å². The Kier molecular flexibility index (Phi) is 4.46. The Balaban J connectivity index is 2.15. The predicted molar refractivity (Wildman–Crippen MR) is 49.7 cm³/mol. The second-order valence-corrected chi connectivity index (χ2v) is 3.76. The van der Waals surface area contributed by atoms with Gasteiger partial charge in [-0.25, -0.2) is 0 Å². The molecule has 0 aliphatic heterocycles. The molecule has 0 radical (unpaired) electrons. The number of halogens is 1. The van der Waals surface area contributed by atoms with Crippen LogP contribution in [-0.4, -0.2) is 21.8 Å². The molecule has 1 aromatic heterocycles. The molecule has 0 atom stereocenters. The van der Waals surface area contributed by atoms with Crippen LogP contribution in [0.2, 0.25) is 0 Å². The fraction of sp³-hybridized carbons (Fsp3) is 0.714. The summed E-state index contributed by atoms with van der Waals surface area (Å²) in [4.78, 5) is 0. The van der Waals surface area contributed by atoms with Crippen LogP contribution in [-0.2, 0) is 0 Å². The molecule has 0 bridgehead atoms. The van der Waals surface area contributed by atoms with Gasteiger partial charge in [0.15, 0.2) is 0 Å². The second-order valence-electron chi connectivity index (χ2n) is 2.33. The second kappa shape index (κ2) is 5.43. The Morgan fingerprint density at radius 2 is 2.25 bits per heavy atom. The maximum Gasteiger partial charge on any atom is 0.276 e. The zero-order valence-corrected chi connectivity index (χ0v) is 8.49. The van der Waals surface area contributed by atoms with Crippen molar-refractivity contribution in [3.8, 4) is 0 Å². The van der Waals surface area contributed by atoms with Crippen LogP contribution in [0.1, 0.15) is 18.7 Å². The quantitative estimate of drug-likeness (QED) is 0.422. The molecule has 1 aromatic rings. The highest BCUT2D eigenvalue weighted by atomic mass is 35.5. The van der Waals surface area contributed by atoms with Crippen molar-refractivity contribution in [3.05, 3.63) is 5.89 Å². The minimum Gasteiger partial charge on any atom is -0.416 e. The van der Waals surface area contributed by atoms with Gasteiger partial charge < -0.3 is 4.42 Å². The number of aromatic nitrogens is 2. The van der Waals surface area contributed by atoms with Crippen molar-refractivity contribution in [1.29, 1.82) is 0 Å². The smallest absolute Gasteiger partial charge is 0.276 e. The van der Waals surface area contributed by atoms with Crippen molar-refractivity contribution in [2.24, 2.45) is 0 Å². The lowest BCUT2D eigenvalue weighted by Crippen LogP contribution is -1.81. The van der Waals surface area contributed by atoms with E-state index < -0.39 is 0 Å². The van der Waals surface area contributed by atoms with Gasteiger partial charge in [0.05, 0.1) is 0 Å². The Bertz CT molecular complexity index is 229. The number of rotatable bonds is 5. The summed E-state index contributed by atoms with van der Waals surface area (Å²) in [5, 5.41) is 8.23. The molecule has 0 saturated carbocycles. The third-order valence-electron chi connectivity index (χ3n) is 1.26. The van der Waals surface area contributed by atoms with Crippen molar-refractivity contribution >= 4 is 23.4 Å². The van der Waals surface area contributed by atoms with Crippen molar-refractivity contribution in [2.45, 2.75) is 25.0 Å². The molecule has 68 valence electrons. The molecule has 0 aliphatic rings. The van der Waals surface area contributed by atoms with E-state index in [9.17, 15) is 0 Å². The molecule has 12 heavy (non-hydrogen) atoms. The van der Waals surface area contributed by atoms with E-state index in [0.717, 1.165) is 24.5 Å². The molecule has 0 fully saturated rings. The summed E-state index contributed by atoms with van der Waals surface area (Å²) in [5.74, 6) is 2.34. The van der Waals surface area contributed by atoms with E-state index in [1.165, 1.54) is 0 Å².